The molecule has 3 rings (SSSR count). The van der Waals surface area contributed by atoms with Crippen LogP contribution in [-0.2, 0) is 22.6 Å². The third-order valence-electron chi connectivity index (χ3n) is 5.32. The van der Waals surface area contributed by atoms with Gasteiger partial charge >= 0.3 is 0 Å². The molecule has 2 amide bonds. The van der Waals surface area contributed by atoms with Crippen molar-refractivity contribution in [2.24, 2.45) is 0 Å². The van der Waals surface area contributed by atoms with E-state index in [9.17, 15) is 9.59 Å². The van der Waals surface area contributed by atoms with Crippen molar-refractivity contribution in [2.75, 3.05) is 46.2 Å². The van der Waals surface area contributed by atoms with Gasteiger partial charge in [0.15, 0.2) is 24.6 Å². The number of hydrogen-bond acceptors (Lipinski definition) is 4. The molecule has 160 valence electrons. The molecule has 1 aliphatic heterocycles. The third kappa shape index (κ3) is 5.30. The lowest BCUT2D eigenvalue weighted by molar-refractivity contribution is -0.862. The normalized spacial score (nSPS) is 13.9. The zero-order valence-corrected chi connectivity index (χ0v) is 18.1. The standard InChI is InChI=1S/C23H29N3O4/c1-16-5-7-19(8-6-16)24-22(27)14-25(2)15-23(28)26-10-9-17-11-20(29-3)21(30-4)12-18(17)13-26/h5-8,11-12H,9-10,13-15H2,1-4H3,(H,24,27)/p+1. The number of amides is 2. The number of benzene rings is 2. The summed E-state index contributed by atoms with van der Waals surface area (Å²) in [6.45, 7) is 3.70. The summed E-state index contributed by atoms with van der Waals surface area (Å²) in [4.78, 5) is 27.8. The fraction of sp³-hybridized carbons (Fsp3) is 0.391. The first kappa shape index (κ1) is 21.6. The zero-order chi connectivity index (χ0) is 21.7. The van der Waals surface area contributed by atoms with Crippen LogP contribution in [0.3, 0.4) is 0 Å². The van der Waals surface area contributed by atoms with Crippen LogP contribution >= 0.6 is 0 Å². The highest BCUT2D eigenvalue weighted by molar-refractivity contribution is 5.91. The van der Waals surface area contributed by atoms with Crippen molar-refractivity contribution in [1.29, 1.82) is 0 Å². The van der Waals surface area contributed by atoms with Crippen LogP contribution in [-0.4, -0.2) is 57.6 Å². The Labute approximate surface area is 177 Å². The van der Waals surface area contributed by atoms with Gasteiger partial charge < -0.3 is 24.6 Å². The Morgan fingerprint density at radius 3 is 2.30 bits per heavy atom. The first-order valence-corrected chi connectivity index (χ1v) is 10.1. The lowest BCUT2D eigenvalue weighted by Gasteiger charge is -2.30. The topological polar surface area (TPSA) is 72.3 Å². The number of rotatable bonds is 7. The average molecular weight is 413 g/mol. The maximum Gasteiger partial charge on any atom is 0.279 e. The highest BCUT2D eigenvalue weighted by atomic mass is 16.5. The number of methoxy groups -OCH3 is 2. The average Bonchev–Trinajstić information content (AvgIpc) is 2.73. The van der Waals surface area contributed by atoms with Gasteiger partial charge in [0, 0.05) is 18.8 Å². The molecule has 1 atom stereocenters. The number of likely N-dealkylation sites (N-methyl/N-ethyl adjacent to an activating group) is 1. The maximum absolute atomic E-state index is 12.8. The second kappa shape index (κ2) is 9.63. The van der Waals surface area contributed by atoms with Crippen LogP contribution in [0.4, 0.5) is 5.69 Å². The summed E-state index contributed by atoms with van der Waals surface area (Å²) in [6.07, 6.45) is 0.772. The van der Waals surface area contributed by atoms with E-state index in [1.165, 1.54) is 5.56 Å². The number of ether oxygens (including phenoxy) is 2. The number of hydrogen-bond donors (Lipinski definition) is 2. The number of nitrogens with zero attached hydrogens (tertiary/aromatic N) is 1. The van der Waals surface area contributed by atoms with E-state index in [2.05, 4.69) is 5.32 Å². The molecule has 0 spiro atoms. The first-order chi connectivity index (χ1) is 14.4. The predicted octanol–water partition coefficient (Wildman–Crippen LogP) is 1.05. The summed E-state index contributed by atoms with van der Waals surface area (Å²) < 4.78 is 10.8. The molecule has 0 saturated carbocycles. The van der Waals surface area contributed by atoms with Gasteiger partial charge in [-0.05, 0) is 48.7 Å². The van der Waals surface area contributed by atoms with Crippen molar-refractivity contribution in [1.82, 2.24) is 4.90 Å². The molecule has 0 aromatic heterocycles. The van der Waals surface area contributed by atoms with Gasteiger partial charge in [0.2, 0.25) is 0 Å². The molecule has 7 nitrogen and oxygen atoms in total. The van der Waals surface area contributed by atoms with Gasteiger partial charge in [-0.2, -0.15) is 0 Å². The summed E-state index contributed by atoms with van der Waals surface area (Å²) in [5.41, 5.74) is 4.15. The van der Waals surface area contributed by atoms with Crippen LogP contribution in [0.2, 0.25) is 0 Å². The van der Waals surface area contributed by atoms with Gasteiger partial charge in [-0.3, -0.25) is 9.59 Å². The monoisotopic (exact) mass is 412 g/mol. The van der Waals surface area contributed by atoms with Crippen LogP contribution in [0.1, 0.15) is 16.7 Å². The number of aryl methyl sites for hydroxylation is 1. The maximum atomic E-state index is 12.8. The molecule has 0 saturated heterocycles. The molecule has 0 aliphatic carbocycles. The summed E-state index contributed by atoms with van der Waals surface area (Å²) in [5, 5.41) is 2.88. The molecular weight excluding hydrogens is 382 g/mol. The molecule has 1 unspecified atom stereocenters. The lowest BCUT2D eigenvalue weighted by Crippen LogP contribution is -3.11. The Morgan fingerprint density at radius 1 is 1.03 bits per heavy atom. The Kier molecular flexibility index (Phi) is 6.95. The highest BCUT2D eigenvalue weighted by Gasteiger charge is 2.25. The lowest BCUT2D eigenvalue weighted by atomic mass is 9.98. The molecule has 2 aromatic carbocycles. The van der Waals surface area contributed by atoms with E-state index in [-0.39, 0.29) is 24.9 Å². The van der Waals surface area contributed by atoms with Crippen LogP contribution in [0, 0.1) is 6.92 Å². The summed E-state index contributed by atoms with van der Waals surface area (Å²) >= 11 is 0. The molecule has 7 heteroatoms. The second-order valence-corrected chi connectivity index (χ2v) is 7.77. The van der Waals surface area contributed by atoms with Crippen molar-refractivity contribution in [3.63, 3.8) is 0 Å². The number of carbonyl (C=O) groups excluding carboxylic acids is 2. The van der Waals surface area contributed by atoms with E-state index in [1.807, 2.05) is 55.3 Å². The summed E-state index contributed by atoms with van der Waals surface area (Å²) in [7, 11) is 5.09. The molecular formula is C23H30N3O4+. The number of anilines is 1. The number of nitrogens with one attached hydrogen (secondary N) is 2. The van der Waals surface area contributed by atoms with Gasteiger partial charge in [0.1, 0.15) is 0 Å². The van der Waals surface area contributed by atoms with Crippen LogP contribution in [0.5, 0.6) is 11.5 Å². The van der Waals surface area contributed by atoms with Gasteiger partial charge in [-0.1, -0.05) is 17.7 Å². The van der Waals surface area contributed by atoms with Gasteiger partial charge in [-0.25, -0.2) is 0 Å². The predicted molar refractivity (Wildman–Crippen MR) is 115 cm³/mol. The van der Waals surface area contributed by atoms with E-state index in [0.29, 0.717) is 24.6 Å². The number of carbonyl (C=O) groups is 2. The third-order valence-corrected chi connectivity index (χ3v) is 5.32. The fourth-order valence-electron chi connectivity index (χ4n) is 3.64. The SMILES string of the molecule is COc1cc2c(cc1OC)CN(C(=O)C[NH+](C)CC(=O)Nc1ccc(C)cc1)CC2. The van der Waals surface area contributed by atoms with Crippen LogP contribution in [0.15, 0.2) is 36.4 Å². The molecule has 2 aromatic rings. The van der Waals surface area contributed by atoms with Crippen LogP contribution in [0.25, 0.3) is 0 Å². The Hall–Kier alpha value is -3.06. The van der Waals surface area contributed by atoms with E-state index >= 15 is 0 Å². The highest BCUT2D eigenvalue weighted by Crippen LogP contribution is 2.33. The van der Waals surface area contributed by atoms with Crippen molar-refractivity contribution >= 4 is 17.5 Å². The fourth-order valence-corrected chi connectivity index (χ4v) is 3.64. The Balaban J connectivity index is 1.54. The molecule has 0 radical (unpaired) electrons. The molecule has 0 fully saturated rings. The first-order valence-electron chi connectivity index (χ1n) is 10.1. The molecule has 0 bridgehead atoms. The van der Waals surface area contributed by atoms with E-state index in [4.69, 9.17) is 9.47 Å². The van der Waals surface area contributed by atoms with Gasteiger partial charge in [0.05, 0.1) is 21.3 Å². The number of quaternary nitrogens is 1. The minimum absolute atomic E-state index is 0.0380. The van der Waals surface area contributed by atoms with Crippen molar-refractivity contribution < 1.29 is 24.0 Å². The molecule has 30 heavy (non-hydrogen) atoms. The zero-order valence-electron chi connectivity index (χ0n) is 18.1. The van der Waals surface area contributed by atoms with Crippen molar-refractivity contribution in [3.8, 4) is 11.5 Å². The Morgan fingerprint density at radius 2 is 1.67 bits per heavy atom. The smallest absolute Gasteiger partial charge is 0.279 e. The minimum atomic E-state index is -0.107. The van der Waals surface area contributed by atoms with E-state index in [0.717, 1.165) is 28.1 Å². The summed E-state index contributed by atoms with van der Waals surface area (Å²) in [5.74, 6) is 1.31. The quantitative estimate of drug-likeness (QED) is 0.713. The van der Waals surface area contributed by atoms with Gasteiger partial charge in [-0.15, -0.1) is 0 Å². The minimum Gasteiger partial charge on any atom is -0.493 e. The van der Waals surface area contributed by atoms with Gasteiger partial charge in [0.25, 0.3) is 11.8 Å². The Bertz CT molecular complexity index is 911. The molecule has 1 aliphatic rings. The van der Waals surface area contributed by atoms with Crippen molar-refractivity contribution in [2.45, 2.75) is 19.9 Å². The van der Waals surface area contributed by atoms with Crippen LogP contribution < -0.4 is 19.7 Å². The molecule has 2 N–H and O–H groups in total. The second-order valence-electron chi connectivity index (χ2n) is 7.77. The number of fused-ring (bicyclic) bond motifs is 1. The van der Waals surface area contributed by atoms with E-state index in [1.54, 1.807) is 14.2 Å². The van der Waals surface area contributed by atoms with Crippen molar-refractivity contribution in [3.05, 3.63) is 53.1 Å². The molecule has 1 heterocycles. The van der Waals surface area contributed by atoms with E-state index < -0.39 is 0 Å². The summed E-state index contributed by atoms with van der Waals surface area (Å²) in [6, 6.07) is 11.6. The largest absolute Gasteiger partial charge is 0.493 e.